The van der Waals surface area contributed by atoms with Crippen molar-refractivity contribution < 1.29 is 19.1 Å². The minimum absolute atomic E-state index is 0.00106. The average molecular weight is 535 g/mol. The minimum atomic E-state index is -0.771. The number of piperidine rings is 1. The molecule has 2 aromatic rings. The highest BCUT2D eigenvalue weighted by Gasteiger charge is 2.54. The third-order valence-corrected chi connectivity index (χ3v) is 7.94. The molecule has 0 aliphatic carbocycles. The first-order valence-corrected chi connectivity index (χ1v) is 14.2. The van der Waals surface area contributed by atoms with Gasteiger partial charge in [0.25, 0.3) is 11.8 Å². The second-order valence-corrected chi connectivity index (χ2v) is 10.6. The van der Waals surface area contributed by atoms with Crippen molar-refractivity contribution in [2.45, 2.75) is 57.4 Å². The van der Waals surface area contributed by atoms with Crippen LogP contribution in [0.4, 0.5) is 5.69 Å². The van der Waals surface area contributed by atoms with Crippen LogP contribution in [0.3, 0.4) is 0 Å². The van der Waals surface area contributed by atoms with Crippen LogP contribution in [-0.2, 0) is 20.7 Å². The van der Waals surface area contributed by atoms with Gasteiger partial charge in [-0.25, -0.2) is 0 Å². The summed E-state index contributed by atoms with van der Waals surface area (Å²) >= 11 is 0. The molecule has 0 aromatic heterocycles. The van der Waals surface area contributed by atoms with Gasteiger partial charge < -0.3 is 24.8 Å². The molecule has 0 radical (unpaired) electrons. The number of benzene rings is 2. The zero-order valence-electron chi connectivity index (χ0n) is 23.4. The van der Waals surface area contributed by atoms with E-state index in [-0.39, 0.29) is 24.3 Å². The summed E-state index contributed by atoms with van der Waals surface area (Å²) in [6.45, 7) is 4.36. The van der Waals surface area contributed by atoms with Gasteiger partial charge in [0.05, 0.1) is 13.3 Å². The molecule has 3 amide bonds. The number of amides is 3. The number of unbranched alkanes of at least 4 members (excludes halogenated alkanes) is 3. The van der Waals surface area contributed by atoms with Crippen LogP contribution >= 0.6 is 0 Å². The quantitative estimate of drug-likeness (QED) is 0.419. The Morgan fingerprint density at radius 2 is 1.69 bits per heavy atom. The number of para-hydroxylation sites is 1. The molecule has 39 heavy (non-hydrogen) atoms. The topological polar surface area (TPSA) is 82.2 Å². The number of likely N-dealkylation sites (tertiary alicyclic amines) is 1. The number of carbonyl (C=O) groups excluding carboxylic acids is 3. The molecule has 2 aromatic carbocycles. The molecule has 2 aliphatic heterocycles. The summed E-state index contributed by atoms with van der Waals surface area (Å²) in [6.07, 6.45) is 6.97. The van der Waals surface area contributed by atoms with Gasteiger partial charge in [-0.3, -0.25) is 14.4 Å². The normalized spacial score (nSPS) is 16.7. The number of hydrogen-bond donors (Lipinski definition) is 1. The lowest BCUT2D eigenvalue weighted by Gasteiger charge is -2.43. The van der Waals surface area contributed by atoms with E-state index < -0.39 is 5.54 Å². The fourth-order valence-electron chi connectivity index (χ4n) is 5.68. The standard InChI is InChI=1S/C31H42N4O4/c1-3-4-5-7-10-25-13-15-26(16-14-25)29(37)33-20-17-31(18-21-33)30(38)34(23-28(36)32-19-22-39-2)24-35(31)27-11-8-6-9-12-27/h6,8-9,11-16H,3-5,7,10,17-24H2,1-2H3,(H,32,36). The van der Waals surface area contributed by atoms with Gasteiger partial charge in [0, 0.05) is 38.0 Å². The van der Waals surface area contributed by atoms with Gasteiger partial charge in [-0.15, -0.1) is 0 Å². The molecule has 2 fully saturated rings. The highest BCUT2D eigenvalue weighted by Crippen LogP contribution is 2.39. The fourth-order valence-corrected chi connectivity index (χ4v) is 5.68. The summed E-state index contributed by atoms with van der Waals surface area (Å²) in [4.78, 5) is 45.3. The Balaban J connectivity index is 1.42. The van der Waals surface area contributed by atoms with E-state index in [1.807, 2.05) is 47.4 Å². The number of nitrogens with zero attached hydrogens (tertiary/aromatic N) is 3. The summed E-state index contributed by atoms with van der Waals surface area (Å²) in [7, 11) is 1.58. The third kappa shape index (κ3) is 6.79. The van der Waals surface area contributed by atoms with E-state index in [1.165, 1.54) is 31.2 Å². The molecule has 210 valence electrons. The summed E-state index contributed by atoms with van der Waals surface area (Å²) in [5.74, 6) is -0.242. The molecule has 8 heteroatoms. The number of nitrogens with one attached hydrogen (secondary N) is 1. The first-order valence-electron chi connectivity index (χ1n) is 14.2. The smallest absolute Gasteiger partial charge is 0.253 e. The van der Waals surface area contributed by atoms with Gasteiger partial charge in [0.15, 0.2) is 0 Å². The van der Waals surface area contributed by atoms with Crippen LogP contribution in [0, 0.1) is 0 Å². The molecule has 2 saturated heterocycles. The number of hydrogen-bond acceptors (Lipinski definition) is 5. The van der Waals surface area contributed by atoms with Crippen LogP contribution in [-0.4, -0.2) is 79.6 Å². The molecule has 8 nitrogen and oxygen atoms in total. The molecular weight excluding hydrogens is 492 g/mol. The lowest BCUT2D eigenvalue weighted by Crippen LogP contribution is -2.57. The van der Waals surface area contributed by atoms with E-state index >= 15 is 0 Å². The molecule has 2 heterocycles. The number of ether oxygens (including phenoxy) is 1. The van der Waals surface area contributed by atoms with E-state index in [9.17, 15) is 14.4 Å². The number of anilines is 1. The molecule has 0 unspecified atom stereocenters. The predicted molar refractivity (Wildman–Crippen MR) is 153 cm³/mol. The second-order valence-electron chi connectivity index (χ2n) is 10.6. The Bertz CT molecular complexity index is 1100. The van der Waals surface area contributed by atoms with Crippen molar-refractivity contribution in [3.05, 3.63) is 65.7 Å². The van der Waals surface area contributed by atoms with Crippen LogP contribution in [0.2, 0.25) is 0 Å². The van der Waals surface area contributed by atoms with Crippen molar-refractivity contribution in [3.63, 3.8) is 0 Å². The summed E-state index contributed by atoms with van der Waals surface area (Å²) in [6, 6.07) is 17.9. The molecule has 0 saturated carbocycles. The van der Waals surface area contributed by atoms with Crippen LogP contribution in [0.15, 0.2) is 54.6 Å². The predicted octanol–water partition coefficient (Wildman–Crippen LogP) is 3.85. The second kappa shape index (κ2) is 13.6. The third-order valence-electron chi connectivity index (χ3n) is 7.94. The van der Waals surface area contributed by atoms with Crippen LogP contribution in [0.5, 0.6) is 0 Å². The Labute approximate surface area is 232 Å². The zero-order chi connectivity index (χ0) is 27.7. The molecule has 0 bridgehead atoms. The molecule has 1 N–H and O–H groups in total. The van der Waals surface area contributed by atoms with E-state index in [1.54, 1.807) is 12.0 Å². The molecular formula is C31H42N4O4. The molecule has 1 spiro atoms. The van der Waals surface area contributed by atoms with Gasteiger partial charge in [-0.05, 0) is 55.5 Å². The maximum absolute atomic E-state index is 13.8. The number of carbonyl (C=O) groups is 3. The van der Waals surface area contributed by atoms with E-state index in [0.29, 0.717) is 51.3 Å². The van der Waals surface area contributed by atoms with Gasteiger partial charge in [0.2, 0.25) is 5.91 Å². The van der Waals surface area contributed by atoms with E-state index in [4.69, 9.17) is 4.74 Å². The van der Waals surface area contributed by atoms with Crippen molar-refractivity contribution in [2.75, 3.05) is 51.5 Å². The van der Waals surface area contributed by atoms with Crippen molar-refractivity contribution in [1.82, 2.24) is 15.1 Å². The monoisotopic (exact) mass is 534 g/mol. The lowest BCUT2D eigenvalue weighted by molar-refractivity contribution is -0.137. The number of methoxy groups -OCH3 is 1. The first kappa shape index (κ1) is 28.6. The lowest BCUT2D eigenvalue weighted by atomic mass is 9.85. The highest BCUT2D eigenvalue weighted by molar-refractivity contribution is 5.97. The highest BCUT2D eigenvalue weighted by atomic mass is 16.5. The number of rotatable bonds is 12. The maximum Gasteiger partial charge on any atom is 0.253 e. The van der Waals surface area contributed by atoms with Gasteiger partial charge in [-0.1, -0.05) is 56.5 Å². The van der Waals surface area contributed by atoms with Gasteiger partial charge in [-0.2, -0.15) is 0 Å². The summed E-state index contributed by atoms with van der Waals surface area (Å²) < 4.78 is 5.00. The largest absolute Gasteiger partial charge is 0.383 e. The Morgan fingerprint density at radius 1 is 0.974 bits per heavy atom. The van der Waals surface area contributed by atoms with Crippen LogP contribution < -0.4 is 10.2 Å². The van der Waals surface area contributed by atoms with Gasteiger partial charge >= 0.3 is 0 Å². The van der Waals surface area contributed by atoms with Crippen molar-refractivity contribution in [1.29, 1.82) is 0 Å². The zero-order valence-corrected chi connectivity index (χ0v) is 23.4. The number of aryl methyl sites for hydroxylation is 1. The molecule has 0 atom stereocenters. The van der Waals surface area contributed by atoms with E-state index in [0.717, 1.165) is 12.1 Å². The maximum atomic E-state index is 13.8. The summed E-state index contributed by atoms with van der Waals surface area (Å²) in [5.41, 5.74) is 2.13. The average Bonchev–Trinajstić information content (AvgIpc) is 3.22. The van der Waals surface area contributed by atoms with E-state index in [2.05, 4.69) is 29.3 Å². The Morgan fingerprint density at radius 3 is 2.36 bits per heavy atom. The van der Waals surface area contributed by atoms with Crippen molar-refractivity contribution >= 4 is 23.4 Å². The first-order chi connectivity index (χ1) is 19.0. The Kier molecular flexibility index (Phi) is 9.98. The van der Waals surface area contributed by atoms with Crippen molar-refractivity contribution in [2.24, 2.45) is 0 Å². The van der Waals surface area contributed by atoms with Gasteiger partial charge in [0.1, 0.15) is 12.1 Å². The Hall–Kier alpha value is -3.39. The minimum Gasteiger partial charge on any atom is -0.383 e. The van der Waals surface area contributed by atoms with Crippen LogP contribution in [0.1, 0.15) is 61.4 Å². The molecule has 4 rings (SSSR count). The SMILES string of the molecule is CCCCCCc1ccc(C(=O)N2CCC3(CC2)C(=O)N(CC(=O)NCCOC)CN3c2ccccc2)cc1. The fraction of sp³-hybridized carbons (Fsp3) is 0.516. The summed E-state index contributed by atoms with van der Waals surface area (Å²) in [5, 5.41) is 2.81. The molecule has 2 aliphatic rings. The van der Waals surface area contributed by atoms with Crippen molar-refractivity contribution in [3.8, 4) is 0 Å². The van der Waals surface area contributed by atoms with Crippen LogP contribution in [0.25, 0.3) is 0 Å².